The Morgan fingerprint density at radius 2 is 2.06 bits per heavy atom. The lowest BCUT2D eigenvalue weighted by molar-refractivity contribution is -0.376. The Bertz CT molecular complexity index is 603. The van der Waals surface area contributed by atoms with Gasteiger partial charge in [0.05, 0.1) is 16.0 Å². The minimum atomic E-state index is -1.18. The van der Waals surface area contributed by atoms with Crippen molar-refractivity contribution in [1.29, 1.82) is 0 Å². The first-order chi connectivity index (χ1) is 8.50. The van der Waals surface area contributed by atoms with Gasteiger partial charge in [0.2, 0.25) is 5.82 Å². The van der Waals surface area contributed by atoms with Crippen LogP contribution in [0.4, 0.5) is 0 Å². The van der Waals surface area contributed by atoms with Crippen molar-refractivity contribution >= 4 is 51.5 Å². The van der Waals surface area contributed by atoms with Crippen molar-refractivity contribution in [3.8, 4) is 0 Å². The molecular formula is C10H6Cl3N3O2. The average molecular weight is 307 g/mol. The van der Waals surface area contributed by atoms with Gasteiger partial charge in [0.1, 0.15) is 9.87 Å². The Morgan fingerprint density at radius 3 is 2.61 bits per heavy atom. The van der Waals surface area contributed by atoms with Crippen LogP contribution in [0.5, 0.6) is 0 Å². The average Bonchev–Trinajstić information content (AvgIpc) is 2.71. The van der Waals surface area contributed by atoms with E-state index < -0.39 is 15.5 Å². The number of hydrogen-bond donors (Lipinski definition) is 1. The molecule has 1 heterocycles. The molecule has 0 spiro atoms. The lowest BCUT2D eigenvalue weighted by Gasteiger charge is -2.00. The van der Waals surface area contributed by atoms with Gasteiger partial charge in [0.15, 0.2) is 0 Å². The fourth-order valence-electron chi connectivity index (χ4n) is 1.46. The second kappa shape index (κ2) is 5.14. The topological polar surface area (TPSA) is 71.8 Å². The van der Waals surface area contributed by atoms with Gasteiger partial charge in [0, 0.05) is 0 Å². The third kappa shape index (κ3) is 2.43. The summed E-state index contributed by atoms with van der Waals surface area (Å²) in [5, 5.41) is 10.7. The van der Waals surface area contributed by atoms with Crippen LogP contribution in [0.2, 0.25) is 0 Å². The summed E-state index contributed by atoms with van der Waals surface area (Å²) in [6.07, 6.45) is 0. The molecule has 0 fully saturated rings. The number of H-pyrrole nitrogens is 1. The number of halogens is 3. The maximum atomic E-state index is 11.0. The van der Waals surface area contributed by atoms with Crippen LogP contribution in [0.3, 0.4) is 0 Å². The number of nitro groups is 1. The van der Waals surface area contributed by atoms with E-state index in [1.807, 2.05) is 0 Å². The SMILES string of the molecule is O=[N+]([O-])C(=C(Cl)C(Cl)Cl)c1nc2ccccc2[nH]1. The normalized spacial score (nSPS) is 12.9. The van der Waals surface area contributed by atoms with Crippen molar-refractivity contribution in [2.75, 3.05) is 0 Å². The van der Waals surface area contributed by atoms with Gasteiger partial charge in [0.25, 0.3) is 0 Å². The van der Waals surface area contributed by atoms with Crippen LogP contribution in [0.15, 0.2) is 29.3 Å². The number of alkyl halides is 2. The largest absolute Gasteiger partial charge is 0.333 e. The molecule has 1 N–H and O–H groups in total. The number of nitrogens with zero attached hydrogens (tertiary/aromatic N) is 2. The van der Waals surface area contributed by atoms with E-state index in [1.165, 1.54) is 0 Å². The molecule has 5 nitrogen and oxygen atoms in total. The lowest BCUT2D eigenvalue weighted by Crippen LogP contribution is -2.05. The van der Waals surface area contributed by atoms with Crippen molar-refractivity contribution in [3.05, 3.63) is 45.2 Å². The fourth-order valence-corrected chi connectivity index (χ4v) is 1.82. The summed E-state index contributed by atoms with van der Waals surface area (Å²) in [6.45, 7) is 0. The van der Waals surface area contributed by atoms with E-state index in [4.69, 9.17) is 34.8 Å². The second-order valence-electron chi connectivity index (χ2n) is 3.36. The summed E-state index contributed by atoms with van der Waals surface area (Å²) >= 11 is 16.8. The molecule has 1 aromatic heterocycles. The number of nitrogens with one attached hydrogen (secondary N) is 1. The maximum Gasteiger partial charge on any atom is 0.328 e. The molecule has 0 amide bonds. The summed E-state index contributed by atoms with van der Waals surface area (Å²) in [7, 11) is 0. The molecule has 8 heteroatoms. The zero-order valence-corrected chi connectivity index (χ0v) is 11.0. The molecule has 0 aliphatic carbocycles. The summed E-state index contributed by atoms with van der Waals surface area (Å²) in [5.74, 6) is 0.0255. The first-order valence-electron chi connectivity index (χ1n) is 4.78. The quantitative estimate of drug-likeness (QED) is 0.535. The van der Waals surface area contributed by atoms with Crippen molar-refractivity contribution < 1.29 is 4.92 Å². The van der Waals surface area contributed by atoms with Crippen molar-refractivity contribution in [3.63, 3.8) is 0 Å². The van der Waals surface area contributed by atoms with Gasteiger partial charge in [-0.25, -0.2) is 4.98 Å². The van der Waals surface area contributed by atoms with E-state index in [0.717, 1.165) is 0 Å². The summed E-state index contributed by atoms with van der Waals surface area (Å²) in [4.78, 5) is 16.0. The molecule has 2 aromatic rings. The number of rotatable bonds is 3. The molecule has 0 saturated carbocycles. The highest BCUT2D eigenvalue weighted by molar-refractivity contribution is 6.53. The number of benzene rings is 1. The number of fused-ring (bicyclic) bond motifs is 1. The molecule has 0 unspecified atom stereocenters. The first kappa shape index (κ1) is 13.1. The number of aromatic amines is 1. The summed E-state index contributed by atoms with van der Waals surface area (Å²) < 4.78 is 0. The number of allylic oxidation sites excluding steroid dienone is 1. The van der Waals surface area contributed by atoms with Crippen molar-refractivity contribution in [2.24, 2.45) is 0 Å². The first-order valence-corrected chi connectivity index (χ1v) is 6.03. The van der Waals surface area contributed by atoms with Crippen LogP contribution in [0, 0.1) is 10.1 Å². The zero-order chi connectivity index (χ0) is 13.3. The second-order valence-corrected chi connectivity index (χ2v) is 4.86. The van der Waals surface area contributed by atoms with E-state index in [9.17, 15) is 10.1 Å². The third-order valence-corrected chi connectivity index (χ3v) is 3.27. The van der Waals surface area contributed by atoms with Crippen molar-refractivity contribution in [2.45, 2.75) is 4.84 Å². The van der Waals surface area contributed by atoms with Gasteiger partial charge in [-0.1, -0.05) is 46.9 Å². The van der Waals surface area contributed by atoms with Crippen LogP contribution in [-0.2, 0) is 0 Å². The van der Waals surface area contributed by atoms with Gasteiger partial charge < -0.3 is 4.98 Å². The van der Waals surface area contributed by atoms with Crippen LogP contribution in [-0.4, -0.2) is 19.7 Å². The standard InChI is InChI=1S/C10H6Cl3N3O2/c11-7(9(12)13)8(16(17)18)10-14-5-3-1-2-4-6(5)15-10/h1-4,9H,(H,14,15). The maximum absolute atomic E-state index is 11.0. The minimum Gasteiger partial charge on any atom is -0.333 e. The van der Waals surface area contributed by atoms with E-state index in [-0.39, 0.29) is 10.9 Å². The number of aromatic nitrogens is 2. The molecule has 0 aliphatic rings. The van der Waals surface area contributed by atoms with Gasteiger partial charge >= 0.3 is 5.70 Å². The number of hydrogen-bond acceptors (Lipinski definition) is 3. The lowest BCUT2D eigenvalue weighted by atomic mass is 10.3. The highest BCUT2D eigenvalue weighted by Crippen LogP contribution is 2.28. The van der Waals surface area contributed by atoms with Crippen LogP contribution < -0.4 is 0 Å². The molecule has 2 rings (SSSR count). The highest BCUT2D eigenvalue weighted by atomic mass is 35.5. The van der Waals surface area contributed by atoms with Crippen LogP contribution in [0.1, 0.15) is 5.82 Å². The molecule has 0 atom stereocenters. The Hall–Kier alpha value is -1.30. The van der Waals surface area contributed by atoms with Crippen molar-refractivity contribution in [1.82, 2.24) is 9.97 Å². The van der Waals surface area contributed by atoms with E-state index in [2.05, 4.69) is 9.97 Å². The Morgan fingerprint density at radius 1 is 1.39 bits per heavy atom. The molecule has 0 saturated heterocycles. The zero-order valence-electron chi connectivity index (χ0n) is 8.73. The predicted octanol–water partition coefficient (Wildman–Crippen LogP) is 3.55. The molecular weight excluding hydrogens is 300 g/mol. The number of para-hydroxylation sites is 2. The Kier molecular flexibility index (Phi) is 3.75. The van der Waals surface area contributed by atoms with Crippen LogP contribution >= 0.6 is 34.8 Å². The predicted molar refractivity (Wildman–Crippen MR) is 71.4 cm³/mol. The van der Waals surface area contributed by atoms with Gasteiger partial charge in [-0.2, -0.15) is 0 Å². The fraction of sp³-hybridized carbons (Fsp3) is 0.100. The molecule has 0 aliphatic heterocycles. The molecule has 94 valence electrons. The van der Waals surface area contributed by atoms with Crippen LogP contribution in [0.25, 0.3) is 16.7 Å². The molecule has 1 aromatic carbocycles. The number of imidazole rings is 1. The van der Waals surface area contributed by atoms with Gasteiger partial charge in [-0.15, -0.1) is 0 Å². The smallest absolute Gasteiger partial charge is 0.328 e. The van der Waals surface area contributed by atoms with E-state index in [1.54, 1.807) is 24.3 Å². The molecule has 0 radical (unpaired) electrons. The summed E-state index contributed by atoms with van der Waals surface area (Å²) in [5.41, 5.74) is 0.830. The Labute approximate surface area is 117 Å². The van der Waals surface area contributed by atoms with Gasteiger partial charge in [-0.3, -0.25) is 10.1 Å². The molecule has 0 bridgehead atoms. The van der Waals surface area contributed by atoms with E-state index >= 15 is 0 Å². The van der Waals surface area contributed by atoms with Gasteiger partial charge in [-0.05, 0) is 12.1 Å². The van der Waals surface area contributed by atoms with E-state index in [0.29, 0.717) is 11.0 Å². The Balaban J connectivity index is 2.63. The molecule has 18 heavy (non-hydrogen) atoms. The monoisotopic (exact) mass is 305 g/mol. The third-order valence-electron chi connectivity index (χ3n) is 2.21. The minimum absolute atomic E-state index is 0.0255. The highest BCUT2D eigenvalue weighted by Gasteiger charge is 2.27. The summed E-state index contributed by atoms with van der Waals surface area (Å²) in [6, 6.07) is 7.03.